The van der Waals surface area contributed by atoms with Gasteiger partial charge in [-0.1, -0.05) is 19.9 Å². The van der Waals surface area contributed by atoms with Crippen molar-refractivity contribution < 1.29 is 14.3 Å². The normalized spacial score (nSPS) is 19.5. The molecule has 3 rings (SSSR count). The van der Waals surface area contributed by atoms with Crippen molar-refractivity contribution >= 4 is 29.0 Å². The van der Waals surface area contributed by atoms with E-state index in [1.54, 1.807) is 24.3 Å². The summed E-state index contributed by atoms with van der Waals surface area (Å²) in [6.45, 7) is 4.58. The van der Waals surface area contributed by atoms with E-state index < -0.39 is 0 Å². The van der Waals surface area contributed by atoms with E-state index in [0.29, 0.717) is 18.9 Å². The van der Waals surface area contributed by atoms with Gasteiger partial charge in [0.05, 0.1) is 19.0 Å². The van der Waals surface area contributed by atoms with Crippen LogP contribution in [0.4, 0.5) is 22.0 Å². The van der Waals surface area contributed by atoms with Gasteiger partial charge < -0.3 is 15.0 Å². The summed E-state index contributed by atoms with van der Waals surface area (Å²) in [5, 5.41) is 6.03. The molecule has 142 valence electrons. The van der Waals surface area contributed by atoms with Gasteiger partial charge in [0.1, 0.15) is 17.4 Å². The summed E-state index contributed by atoms with van der Waals surface area (Å²) in [6.07, 6.45) is 1.65. The fourth-order valence-electron chi connectivity index (χ4n) is 3.17. The number of hydrogen-bond acceptors (Lipinski definition) is 5. The Morgan fingerprint density at radius 1 is 1.15 bits per heavy atom. The number of ketones is 1. The Balaban J connectivity index is 1.60. The van der Waals surface area contributed by atoms with Gasteiger partial charge in [0.15, 0.2) is 0 Å². The lowest BCUT2D eigenvalue weighted by atomic mass is 9.90. The van der Waals surface area contributed by atoms with Crippen LogP contribution >= 0.6 is 0 Å². The number of ether oxygens (including phenoxy) is 1. The second-order valence-electron chi connectivity index (χ2n) is 6.83. The van der Waals surface area contributed by atoms with E-state index in [0.717, 1.165) is 17.1 Å². The van der Waals surface area contributed by atoms with Crippen LogP contribution < -0.4 is 15.4 Å². The van der Waals surface area contributed by atoms with Crippen LogP contribution in [0.1, 0.15) is 13.8 Å². The second kappa shape index (κ2) is 8.07. The summed E-state index contributed by atoms with van der Waals surface area (Å²) >= 11 is 0. The molecule has 2 aromatic rings. The number of Topliss-reactive ketones (excluding diaryl/α,β-unsaturated/α-hetero) is 1. The molecule has 1 saturated heterocycles. The van der Waals surface area contributed by atoms with Crippen LogP contribution in [0.25, 0.3) is 0 Å². The van der Waals surface area contributed by atoms with Gasteiger partial charge in [-0.05, 0) is 24.3 Å². The number of likely N-dealkylation sites (tertiary alicyclic amines) is 1. The van der Waals surface area contributed by atoms with Crippen molar-refractivity contribution in [2.75, 3.05) is 30.8 Å². The lowest BCUT2D eigenvalue weighted by Gasteiger charge is -2.33. The van der Waals surface area contributed by atoms with Crippen LogP contribution in [-0.4, -0.2) is 41.9 Å². The Morgan fingerprint density at radius 2 is 1.89 bits per heavy atom. The first-order valence-electron chi connectivity index (χ1n) is 8.93. The minimum Gasteiger partial charge on any atom is -0.497 e. The fraction of sp³-hybridized carbons (Fsp3) is 0.350. The van der Waals surface area contributed by atoms with E-state index in [4.69, 9.17) is 4.74 Å². The maximum atomic E-state index is 12.4. The predicted octanol–water partition coefficient (Wildman–Crippen LogP) is 3.52. The summed E-state index contributed by atoms with van der Waals surface area (Å²) in [6, 6.07) is 10.9. The predicted molar refractivity (Wildman–Crippen MR) is 104 cm³/mol. The number of hydrogen-bond donors (Lipinski definition) is 2. The molecule has 7 heteroatoms. The highest BCUT2D eigenvalue weighted by Crippen LogP contribution is 2.22. The molecule has 2 amide bonds. The monoisotopic (exact) mass is 368 g/mol. The summed E-state index contributed by atoms with van der Waals surface area (Å²) < 4.78 is 5.21. The number of carbonyl (C=O) groups excluding carboxylic acids is 2. The van der Waals surface area contributed by atoms with Crippen molar-refractivity contribution in [1.82, 2.24) is 9.88 Å². The van der Waals surface area contributed by atoms with Crippen LogP contribution in [0.15, 0.2) is 42.6 Å². The molecule has 0 bridgehead atoms. The molecule has 2 atom stereocenters. The van der Waals surface area contributed by atoms with Crippen molar-refractivity contribution in [3.63, 3.8) is 0 Å². The van der Waals surface area contributed by atoms with Gasteiger partial charge in [-0.25, -0.2) is 9.78 Å². The summed E-state index contributed by atoms with van der Waals surface area (Å²) in [5.41, 5.74) is 1.68. The topological polar surface area (TPSA) is 83.6 Å². The standard InChI is InChI=1S/C20H24N4O3/c1-13-11-24(12-14(2)19(13)25)20(26)23-18-8-7-16(10-21-18)22-15-5-4-6-17(9-15)27-3/h4-10,13-14,22H,11-12H2,1-3H3,(H,21,23,26)/t13-,14-/m1/s1. The first kappa shape index (κ1) is 18.7. The number of anilines is 3. The molecule has 0 spiro atoms. The molecule has 1 aromatic heterocycles. The van der Waals surface area contributed by atoms with Crippen molar-refractivity contribution in [1.29, 1.82) is 0 Å². The quantitative estimate of drug-likeness (QED) is 0.863. The molecule has 0 radical (unpaired) electrons. The van der Waals surface area contributed by atoms with Crippen molar-refractivity contribution in [2.45, 2.75) is 13.8 Å². The van der Waals surface area contributed by atoms with Crippen LogP contribution in [0.5, 0.6) is 5.75 Å². The number of urea groups is 1. The molecule has 2 heterocycles. The Labute approximate surface area is 158 Å². The number of pyridine rings is 1. The molecule has 1 aliphatic heterocycles. The van der Waals surface area contributed by atoms with Gasteiger partial charge in [-0.15, -0.1) is 0 Å². The average molecular weight is 368 g/mol. The Bertz CT molecular complexity index is 808. The van der Waals surface area contributed by atoms with Crippen LogP contribution in [-0.2, 0) is 4.79 Å². The van der Waals surface area contributed by atoms with E-state index in [1.165, 1.54) is 0 Å². The van der Waals surface area contributed by atoms with E-state index >= 15 is 0 Å². The lowest BCUT2D eigenvalue weighted by molar-refractivity contribution is -0.128. The lowest BCUT2D eigenvalue weighted by Crippen LogP contribution is -2.49. The minimum absolute atomic E-state index is 0.137. The Hall–Kier alpha value is -3.09. The fourth-order valence-corrected chi connectivity index (χ4v) is 3.17. The third-order valence-corrected chi connectivity index (χ3v) is 4.60. The zero-order chi connectivity index (χ0) is 19.4. The molecule has 7 nitrogen and oxygen atoms in total. The third-order valence-electron chi connectivity index (χ3n) is 4.60. The molecular weight excluding hydrogens is 344 g/mol. The molecule has 0 unspecified atom stereocenters. The number of rotatable bonds is 4. The van der Waals surface area contributed by atoms with Crippen molar-refractivity contribution in [3.8, 4) is 5.75 Å². The molecule has 0 aliphatic carbocycles. The molecular formula is C20H24N4O3. The minimum atomic E-state index is -0.234. The molecule has 1 fully saturated rings. The zero-order valence-electron chi connectivity index (χ0n) is 15.7. The number of amides is 2. The van der Waals surface area contributed by atoms with Gasteiger partial charge in [0, 0.05) is 36.7 Å². The van der Waals surface area contributed by atoms with E-state index in [9.17, 15) is 9.59 Å². The van der Waals surface area contributed by atoms with Gasteiger partial charge >= 0.3 is 6.03 Å². The van der Waals surface area contributed by atoms with Gasteiger partial charge in [-0.3, -0.25) is 10.1 Å². The number of nitrogens with one attached hydrogen (secondary N) is 2. The molecule has 0 saturated carbocycles. The molecule has 2 N–H and O–H groups in total. The number of methoxy groups -OCH3 is 1. The van der Waals surface area contributed by atoms with Crippen molar-refractivity contribution in [3.05, 3.63) is 42.6 Å². The van der Waals surface area contributed by atoms with Gasteiger partial charge in [-0.2, -0.15) is 0 Å². The highest BCUT2D eigenvalue weighted by molar-refractivity contribution is 5.91. The molecule has 1 aromatic carbocycles. The Morgan fingerprint density at radius 3 is 2.52 bits per heavy atom. The van der Waals surface area contributed by atoms with Crippen LogP contribution in [0.3, 0.4) is 0 Å². The number of benzene rings is 1. The second-order valence-corrected chi connectivity index (χ2v) is 6.83. The summed E-state index contributed by atoms with van der Waals surface area (Å²) in [5.74, 6) is 1.17. The maximum absolute atomic E-state index is 12.4. The largest absolute Gasteiger partial charge is 0.497 e. The Kier molecular flexibility index (Phi) is 5.59. The first-order valence-corrected chi connectivity index (χ1v) is 8.93. The van der Waals surface area contributed by atoms with E-state index in [2.05, 4.69) is 15.6 Å². The van der Waals surface area contributed by atoms with Crippen LogP contribution in [0.2, 0.25) is 0 Å². The highest BCUT2D eigenvalue weighted by atomic mass is 16.5. The average Bonchev–Trinajstić information content (AvgIpc) is 2.67. The molecule has 27 heavy (non-hydrogen) atoms. The number of aromatic nitrogens is 1. The number of piperidine rings is 1. The highest BCUT2D eigenvalue weighted by Gasteiger charge is 2.32. The third kappa shape index (κ3) is 4.55. The molecule has 1 aliphatic rings. The van der Waals surface area contributed by atoms with Gasteiger partial charge in [0.2, 0.25) is 0 Å². The maximum Gasteiger partial charge on any atom is 0.323 e. The summed E-state index contributed by atoms with van der Waals surface area (Å²) in [4.78, 5) is 30.3. The smallest absolute Gasteiger partial charge is 0.323 e. The van der Waals surface area contributed by atoms with Gasteiger partial charge in [0.25, 0.3) is 0 Å². The SMILES string of the molecule is COc1cccc(Nc2ccc(NC(=O)N3C[C@@H](C)C(=O)[C@H](C)C3)nc2)c1. The summed E-state index contributed by atoms with van der Waals surface area (Å²) in [7, 11) is 1.62. The first-order chi connectivity index (χ1) is 13.0. The van der Waals surface area contributed by atoms with Crippen LogP contribution in [0, 0.1) is 11.8 Å². The van der Waals surface area contributed by atoms with E-state index in [-0.39, 0.29) is 23.7 Å². The number of nitrogens with zero attached hydrogens (tertiary/aromatic N) is 2. The number of carbonyl (C=O) groups is 2. The zero-order valence-corrected chi connectivity index (χ0v) is 15.7. The van der Waals surface area contributed by atoms with E-state index in [1.807, 2.05) is 44.2 Å². The van der Waals surface area contributed by atoms with Crippen molar-refractivity contribution in [2.24, 2.45) is 11.8 Å².